The summed E-state index contributed by atoms with van der Waals surface area (Å²) in [5.41, 5.74) is 9.50. The molecule has 3 rings (SSSR count). The van der Waals surface area contributed by atoms with Crippen LogP contribution in [0.25, 0.3) is 11.0 Å². The molecule has 18 heavy (non-hydrogen) atoms. The Bertz CT molecular complexity index is 642. The molecule has 2 aromatic carbocycles. The van der Waals surface area contributed by atoms with Crippen LogP contribution in [0.4, 0.5) is 0 Å². The fraction of sp³-hybridized carbons (Fsp3) is 0.125. The van der Waals surface area contributed by atoms with E-state index in [1.807, 2.05) is 36.4 Å². The average Bonchev–Trinajstić information content (AvgIpc) is 2.84. The van der Waals surface area contributed by atoms with Gasteiger partial charge in [-0.2, -0.15) is 0 Å². The maximum atomic E-state index is 6.28. The highest BCUT2D eigenvalue weighted by atomic mass is 16.3. The topological polar surface area (TPSA) is 39.2 Å². The van der Waals surface area contributed by atoms with Gasteiger partial charge in [-0.1, -0.05) is 48.5 Å². The normalized spacial score (nSPS) is 12.7. The first kappa shape index (κ1) is 11.1. The molecule has 0 aliphatic rings. The molecule has 1 atom stereocenters. The Labute approximate surface area is 106 Å². The van der Waals surface area contributed by atoms with Crippen LogP contribution in [-0.4, -0.2) is 0 Å². The van der Waals surface area contributed by atoms with Crippen LogP contribution in [0.15, 0.2) is 65.3 Å². The fourth-order valence-corrected chi connectivity index (χ4v) is 2.26. The van der Waals surface area contributed by atoms with Gasteiger partial charge in [0.2, 0.25) is 0 Å². The van der Waals surface area contributed by atoms with Gasteiger partial charge in [-0.15, -0.1) is 0 Å². The van der Waals surface area contributed by atoms with Gasteiger partial charge in [0.1, 0.15) is 5.58 Å². The van der Waals surface area contributed by atoms with Gasteiger partial charge in [0.15, 0.2) is 0 Å². The van der Waals surface area contributed by atoms with E-state index in [1.165, 1.54) is 5.56 Å². The molecule has 2 heteroatoms. The van der Waals surface area contributed by atoms with Crippen molar-refractivity contribution in [2.75, 3.05) is 0 Å². The van der Waals surface area contributed by atoms with Crippen LogP contribution in [0.5, 0.6) is 0 Å². The number of nitrogens with two attached hydrogens (primary N) is 1. The highest BCUT2D eigenvalue weighted by molar-refractivity contribution is 5.81. The number of para-hydroxylation sites is 1. The third-order valence-corrected chi connectivity index (χ3v) is 3.21. The Hall–Kier alpha value is -2.06. The molecular weight excluding hydrogens is 222 g/mol. The first-order valence-electron chi connectivity index (χ1n) is 6.10. The quantitative estimate of drug-likeness (QED) is 0.754. The molecule has 1 aromatic heterocycles. The zero-order valence-electron chi connectivity index (χ0n) is 10.0. The van der Waals surface area contributed by atoms with Crippen molar-refractivity contribution in [3.8, 4) is 0 Å². The summed E-state index contributed by atoms with van der Waals surface area (Å²) >= 11 is 0. The van der Waals surface area contributed by atoms with Crippen molar-refractivity contribution in [3.05, 3.63) is 72.0 Å². The Morgan fingerprint density at radius 3 is 2.50 bits per heavy atom. The highest BCUT2D eigenvalue weighted by Crippen LogP contribution is 2.26. The summed E-state index contributed by atoms with van der Waals surface area (Å²) in [6, 6.07) is 18.3. The van der Waals surface area contributed by atoms with Crippen LogP contribution >= 0.6 is 0 Å². The molecule has 0 fully saturated rings. The molecule has 1 unspecified atom stereocenters. The van der Waals surface area contributed by atoms with E-state index in [4.69, 9.17) is 10.2 Å². The van der Waals surface area contributed by atoms with Crippen molar-refractivity contribution in [2.45, 2.75) is 12.5 Å². The number of hydrogen-bond acceptors (Lipinski definition) is 2. The number of hydrogen-bond donors (Lipinski definition) is 1. The number of benzene rings is 2. The number of furan rings is 1. The van der Waals surface area contributed by atoms with E-state index in [0.29, 0.717) is 0 Å². The van der Waals surface area contributed by atoms with Crippen LogP contribution in [0, 0.1) is 0 Å². The monoisotopic (exact) mass is 237 g/mol. The van der Waals surface area contributed by atoms with E-state index in [1.54, 1.807) is 6.26 Å². The Balaban J connectivity index is 1.90. The van der Waals surface area contributed by atoms with Gasteiger partial charge >= 0.3 is 0 Å². The Morgan fingerprint density at radius 2 is 1.67 bits per heavy atom. The summed E-state index contributed by atoms with van der Waals surface area (Å²) in [6.45, 7) is 0. The minimum atomic E-state index is -0.0314. The van der Waals surface area contributed by atoms with Crippen LogP contribution in [-0.2, 0) is 6.42 Å². The SMILES string of the molecule is NC(Cc1ccccc1)c1coc2ccccc12. The second-order valence-corrected chi connectivity index (χ2v) is 4.48. The minimum absolute atomic E-state index is 0.0314. The molecule has 3 aromatic rings. The molecule has 0 saturated carbocycles. The maximum absolute atomic E-state index is 6.28. The second kappa shape index (κ2) is 4.67. The van der Waals surface area contributed by atoms with Crippen LogP contribution < -0.4 is 5.73 Å². The Morgan fingerprint density at radius 1 is 0.944 bits per heavy atom. The lowest BCUT2D eigenvalue weighted by atomic mass is 9.99. The van der Waals surface area contributed by atoms with Crippen molar-refractivity contribution >= 4 is 11.0 Å². The predicted octanol–water partition coefficient (Wildman–Crippen LogP) is 3.68. The zero-order chi connectivity index (χ0) is 12.4. The molecule has 0 amide bonds. The summed E-state index contributed by atoms with van der Waals surface area (Å²) in [7, 11) is 0. The third kappa shape index (κ3) is 2.03. The van der Waals surface area contributed by atoms with Gasteiger partial charge in [0, 0.05) is 17.0 Å². The van der Waals surface area contributed by atoms with Gasteiger partial charge in [-0.3, -0.25) is 0 Å². The molecule has 90 valence electrons. The molecule has 1 heterocycles. The van der Waals surface area contributed by atoms with E-state index in [0.717, 1.165) is 23.0 Å². The van der Waals surface area contributed by atoms with E-state index in [-0.39, 0.29) is 6.04 Å². The molecular formula is C16H15NO. The summed E-state index contributed by atoms with van der Waals surface area (Å²) in [6.07, 6.45) is 2.60. The smallest absolute Gasteiger partial charge is 0.134 e. The van der Waals surface area contributed by atoms with Crippen LogP contribution in [0.3, 0.4) is 0 Å². The molecule has 0 aliphatic heterocycles. The van der Waals surface area contributed by atoms with Crippen molar-refractivity contribution in [1.29, 1.82) is 0 Å². The van der Waals surface area contributed by atoms with Gasteiger partial charge in [0.25, 0.3) is 0 Å². The van der Waals surface area contributed by atoms with E-state index < -0.39 is 0 Å². The van der Waals surface area contributed by atoms with Crippen LogP contribution in [0.1, 0.15) is 17.2 Å². The lowest BCUT2D eigenvalue weighted by Crippen LogP contribution is -2.12. The standard InChI is InChI=1S/C16H15NO/c17-15(10-12-6-2-1-3-7-12)14-11-18-16-9-5-4-8-13(14)16/h1-9,11,15H,10,17H2. The average molecular weight is 237 g/mol. The van der Waals surface area contributed by atoms with Crippen LogP contribution in [0.2, 0.25) is 0 Å². The van der Waals surface area contributed by atoms with Crippen molar-refractivity contribution in [1.82, 2.24) is 0 Å². The summed E-state index contributed by atoms with van der Waals surface area (Å²) in [4.78, 5) is 0. The van der Waals surface area contributed by atoms with E-state index >= 15 is 0 Å². The Kier molecular flexibility index (Phi) is 2.87. The van der Waals surface area contributed by atoms with Gasteiger partial charge in [0.05, 0.1) is 6.26 Å². The summed E-state index contributed by atoms with van der Waals surface area (Å²) < 4.78 is 5.53. The first-order valence-corrected chi connectivity index (χ1v) is 6.10. The van der Waals surface area contributed by atoms with Gasteiger partial charge in [-0.05, 0) is 18.1 Å². The molecule has 2 N–H and O–H groups in total. The third-order valence-electron chi connectivity index (χ3n) is 3.21. The van der Waals surface area contributed by atoms with Crippen molar-refractivity contribution in [2.24, 2.45) is 5.73 Å². The summed E-state index contributed by atoms with van der Waals surface area (Å²) in [5, 5.41) is 1.11. The lowest BCUT2D eigenvalue weighted by Gasteiger charge is -2.10. The minimum Gasteiger partial charge on any atom is -0.464 e. The molecule has 0 saturated heterocycles. The second-order valence-electron chi connectivity index (χ2n) is 4.48. The van der Waals surface area contributed by atoms with Gasteiger partial charge in [-0.25, -0.2) is 0 Å². The van der Waals surface area contributed by atoms with E-state index in [2.05, 4.69) is 18.2 Å². The number of fused-ring (bicyclic) bond motifs is 1. The maximum Gasteiger partial charge on any atom is 0.134 e. The van der Waals surface area contributed by atoms with Crippen molar-refractivity contribution in [3.63, 3.8) is 0 Å². The molecule has 2 nitrogen and oxygen atoms in total. The molecule has 0 spiro atoms. The van der Waals surface area contributed by atoms with E-state index in [9.17, 15) is 0 Å². The molecule has 0 radical (unpaired) electrons. The van der Waals surface area contributed by atoms with Gasteiger partial charge < -0.3 is 10.2 Å². The predicted molar refractivity (Wildman–Crippen MR) is 73.3 cm³/mol. The zero-order valence-corrected chi connectivity index (χ0v) is 10.0. The lowest BCUT2D eigenvalue weighted by molar-refractivity contribution is 0.599. The largest absolute Gasteiger partial charge is 0.464 e. The highest BCUT2D eigenvalue weighted by Gasteiger charge is 2.13. The summed E-state index contributed by atoms with van der Waals surface area (Å²) in [5.74, 6) is 0. The molecule has 0 aliphatic carbocycles. The molecule has 0 bridgehead atoms. The fourth-order valence-electron chi connectivity index (χ4n) is 2.26. The van der Waals surface area contributed by atoms with Crippen molar-refractivity contribution < 1.29 is 4.42 Å². The number of rotatable bonds is 3. The first-order chi connectivity index (χ1) is 8.84.